The summed E-state index contributed by atoms with van der Waals surface area (Å²) in [6.07, 6.45) is 2.77. The highest BCUT2D eigenvalue weighted by molar-refractivity contribution is 9.10. The van der Waals surface area contributed by atoms with Crippen LogP contribution in [-0.2, 0) is 0 Å². The summed E-state index contributed by atoms with van der Waals surface area (Å²) in [4.78, 5) is 0. The van der Waals surface area contributed by atoms with Gasteiger partial charge in [0.1, 0.15) is 6.07 Å². The third kappa shape index (κ3) is 2.37. The monoisotopic (exact) mass is 280 g/mol. The summed E-state index contributed by atoms with van der Waals surface area (Å²) in [5.74, 6) is 0. The second-order valence-corrected chi connectivity index (χ2v) is 5.15. The standard InChI is InChI=1S/C12H13BrN2O/c13-10-3-2-9(7-14)11(6-10)15-8-12(16)4-1-5-12/h2-3,6,15-16H,1,4-5,8H2. The van der Waals surface area contributed by atoms with E-state index in [0.717, 1.165) is 29.4 Å². The fourth-order valence-electron chi connectivity index (χ4n) is 1.78. The van der Waals surface area contributed by atoms with Gasteiger partial charge >= 0.3 is 0 Å². The molecule has 0 atom stereocenters. The molecule has 16 heavy (non-hydrogen) atoms. The number of hydrogen-bond donors (Lipinski definition) is 2. The highest BCUT2D eigenvalue weighted by atomic mass is 79.9. The van der Waals surface area contributed by atoms with Crippen LogP contribution in [0.5, 0.6) is 0 Å². The molecule has 0 bridgehead atoms. The molecule has 0 aromatic heterocycles. The lowest BCUT2D eigenvalue weighted by molar-refractivity contribution is -0.0202. The Morgan fingerprint density at radius 1 is 1.50 bits per heavy atom. The van der Waals surface area contributed by atoms with Gasteiger partial charge in [-0.3, -0.25) is 0 Å². The molecule has 1 saturated carbocycles. The molecule has 0 spiro atoms. The summed E-state index contributed by atoms with van der Waals surface area (Å²) in [5.41, 5.74) is 0.804. The smallest absolute Gasteiger partial charge is 0.101 e. The van der Waals surface area contributed by atoms with Gasteiger partial charge in [-0.1, -0.05) is 15.9 Å². The number of nitrogens with zero attached hydrogens (tertiary/aromatic N) is 1. The van der Waals surface area contributed by atoms with Gasteiger partial charge in [0, 0.05) is 11.0 Å². The minimum absolute atomic E-state index is 0.512. The second kappa shape index (κ2) is 4.44. The van der Waals surface area contributed by atoms with Crippen molar-refractivity contribution in [2.75, 3.05) is 11.9 Å². The first-order valence-electron chi connectivity index (χ1n) is 5.29. The lowest BCUT2D eigenvalue weighted by Gasteiger charge is -2.37. The molecule has 3 nitrogen and oxygen atoms in total. The van der Waals surface area contributed by atoms with Gasteiger partial charge in [0.05, 0.1) is 16.9 Å². The summed E-state index contributed by atoms with van der Waals surface area (Å²) in [6.45, 7) is 0.512. The van der Waals surface area contributed by atoms with Gasteiger partial charge in [-0.05, 0) is 37.5 Å². The lowest BCUT2D eigenvalue weighted by Crippen LogP contribution is -2.43. The fourth-order valence-corrected chi connectivity index (χ4v) is 2.14. The normalized spacial score (nSPS) is 17.3. The van der Waals surface area contributed by atoms with Crippen molar-refractivity contribution in [3.05, 3.63) is 28.2 Å². The summed E-state index contributed by atoms with van der Waals surface area (Å²) < 4.78 is 0.926. The van der Waals surface area contributed by atoms with Crippen molar-refractivity contribution < 1.29 is 5.11 Å². The SMILES string of the molecule is N#Cc1ccc(Br)cc1NCC1(O)CCC1. The van der Waals surface area contributed by atoms with Crippen LogP contribution in [0.3, 0.4) is 0 Å². The molecule has 1 aliphatic carbocycles. The molecule has 0 saturated heterocycles. The van der Waals surface area contributed by atoms with Gasteiger partial charge in [-0.15, -0.1) is 0 Å². The van der Waals surface area contributed by atoms with Crippen LogP contribution in [0.1, 0.15) is 24.8 Å². The molecular weight excluding hydrogens is 268 g/mol. The summed E-state index contributed by atoms with van der Waals surface area (Å²) in [5, 5.41) is 22.0. The maximum Gasteiger partial charge on any atom is 0.101 e. The quantitative estimate of drug-likeness (QED) is 0.895. The molecule has 4 heteroatoms. The molecule has 1 aromatic carbocycles. The number of halogens is 1. The van der Waals surface area contributed by atoms with Gasteiger partial charge in [0.2, 0.25) is 0 Å². The Labute approximate surface area is 103 Å². The fraction of sp³-hybridized carbons (Fsp3) is 0.417. The van der Waals surface area contributed by atoms with Crippen molar-refractivity contribution in [3.63, 3.8) is 0 Å². The third-order valence-electron chi connectivity index (χ3n) is 2.99. The summed E-state index contributed by atoms with van der Waals surface area (Å²) in [6, 6.07) is 7.59. The van der Waals surface area contributed by atoms with Crippen LogP contribution in [0.2, 0.25) is 0 Å². The van der Waals surface area contributed by atoms with E-state index in [-0.39, 0.29) is 0 Å². The average Bonchev–Trinajstić information content (AvgIpc) is 2.24. The first kappa shape index (κ1) is 11.4. The van der Waals surface area contributed by atoms with E-state index in [1.54, 1.807) is 6.07 Å². The van der Waals surface area contributed by atoms with Crippen molar-refractivity contribution in [1.29, 1.82) is 5.26 Å². The molecule has 1 fully saturated rings. The van der Waals surface area contributed by atoms with E-state index >= 15 is 0 Å². The Bertz CT molecular complexity index is 435. The van der Waals surface area contributed by atoms with Gasteiger partial charge in [0.25, 0.3) is 0 Å². The average molecular weight is 281 g/mol. The minimum atomic E-state index is -0.574. The molecule has 0 radical (unpaired) electrons. The van der Waals surface area contributed by atoms with Gasteiger partial charge in [-0.25, -0.2) is 0 Å². The van der Waals surface area contributed by atoms with Crippen LogP contribution in [0.25, 0.3) is 0 Å². The number of nitriles is 1. The molecule has 1 aromatic rings. The summed E-state index contributed by atoms with van der Waals surface area (Å²) in [7, 11) is 0. The predicted molar refractivity (Wildman–Crippen MR) is 66.1 cm³/mol. The molecule has 84 valence electrons. The van der Waals surface area contributed by atoms with Crippen molar-refractivity contribution in [1.82, 2.24) is 0 Å². The number of benzene rings is 1. The molecule has 1 aliphatic rings. The first-order valence-corrected chi connectivity index (χ1v) is 6.08. The van der Waals surface area contributed by atoms with Crippen LogP contribution in [-0.4, -0.2) is 17.3 Å². The van der Waals surface area contributed by atoms with E-state index in [0.29, 0.717) is 12.1 Å². The molecule has 0 heterocycles. The molecular formula is C12H13BrN2O. The zero-order valence-electron chi connectivity index (χ0n) is 8.83. The van der Waals surface area contributed by atoms with Crippen molar-refractivity contribution >= 4 is 21.6 Å². The second-order valence-electron chi connectivity index (χ2n) is 4.23. The largest absolute Gasteiger partial charge is 0.388 e. The van der Waals surface area contributed by atoms with Crippen molar-refractivity contribution in [2.45, 2.75) is 24.9 Å². The molecule has 0 amide bonds. The van der Waals surface area contributed by atoms with E-state index in [4.69, 9.17) is 5.26 Å². The van der Waals surface area contributed by atoms with E-state index in [1.807, 2.05) is 12.1 Å². The van der Waals surface area contributed by atoms with Gasteiger partial charge < -0.3 is 10.4 Å². The van der Waals surface area contributed by atoms with Crippen LogP contribution in [0, 0.1) is 11.3 Å². The highest BCUT2D eigenvalue weighted by Crippen LogP contribution is 2.32. The Balaban J connectivity index is 2.08. The zero-order valence-corrected chi connectivity index (χ0v) is 10.4. The van der Waals surface area contributed by atoms with Crippen LogP contribution < -0.4 is 5.32 Å². The van der Waals surface area contributed by atoms with E-state index < -0.39 is 5.60 Å². The predicted octanol–water partition coefficient (Wildman–Crippen LogP) is 2.65. The van der Waals surface area contributed by atoms with Crippen LogP contribution >= 0.6 is 15.9 Å². The van der Waals surface area contributed by atoms with E-state index in [2.05, 4.69) is 27.3 Å². The Morgan fingerprint density at radius 2 is 2.25 bits per heavy atom. The third-order valence-corrected chi connectivity index (χ3v) is 3.49. The number of rotatable bonds is 3. The van der Waals surface area contributed by atoms with Crippen LogP contribution in [0.4, 0.5) is 5.69 Å². The summed E-state index contributed by atoms with van der Waals surface area (Å²) >= 11 is 3.37. The number of anilines is 1. The maximum atomic E-state index is 9.95. The Morgan fingerprint density at radius 3 is 2.81 bits per heavy atom. The molecule has 2 rings (SSSR count). The highest BCUT2D eigenvalue weighted by Gasteiger charge is 2.34. The minimum Gasteiger partial charge on any atom is -0.388 e. The first-order chi connectivity index (χ1) is 7.63. The topological polar surface area (TPSA) is 56.0 Å². The molecule has 0 unspecified atom stereocenters. The number of hydrogen-bond acceptors (Lipinski definition) is 3. The molecule has 2 N–H and O–H groups in total. The lowest BCUT2D eigenvalue weighted by atomic mass is 9.80. The van der Waals surface area contributed by atoms with Crippen molar-refractivity contribution in [2.24, 2.45) is 0 Å². The van der Waals surface area contributed by atoms with Gasteiger partial charge in [-0.2, -0.15) is 5.26 Å². The van der Waals surface area contributed by atoms with Crippen molar-refractivity contribution in [3.8, 4) is 6.07 Å². The molecule has 0 aliphatic heterocycles. The Hall–Kier alpha value is -1.05. The van der Waals surface area contributed by atoms with E-state index in [1.165, 1.54) is 0 Å². The van der Waals surface area contributed by atoms with Gasteiger partial charge in [0.15, 0.2) is 0 Å². The zero-order chi connectivity index (χ0) is 11.6. The Kier molecular flexibility index (Phi) is 3.17. The maximum absolute atomic E-state index is 9.95. The number of aliphatic hydroxyl groups is 1. The van der Waals surface area contributed by atoms with E-state index in [9.17, 15) is 5.11 Å². The van der Waals surface area contributed by atoms with Crippen LogP contribution in [0.15, 0.2) is 22.7 Å². The number of nitrogens with one attached hydrogen (secondary N) is 1.